The Labute approximate surface area is 244 Å². The number of epoxide rings is 1. The van der Waals surface area contributed by atoms with Crippen LogP contribution in [0, 0.1) is 11.2 Å². The van der Waals surface area contributed by atoms with Crippen molar-refractivity contribution in [3.63, 3.8) is 0 Å². The topological polar surface area (TPSA) is 97.4 Å². The maximum atomic E-state index is 13.6. The number of carbonyl (C=O) groups is 2. The predicted octanol–water partition coefficient (Wildman–Crippen LogP) is 0.717. The van der Waals surface area contributed by atoms with Gasteiger partial charge in [-0.25, -0.2) is 9.18 Å². The van der Waals surface area contributed by atoms with E-state index in [1.807, 2.05) is 27.0 Å². The molecule has 1 aromatic carbocycles. The van der Waals surface area contributed by atoms with Crippen molar-refractivity contribution in [2.24, 2.45) is 5.41 Å². The number of thiol groups is 1. The van der Waals surface area contributed by atoms with Gasteiger partial charge in [0.1, 0.15) is 40.7 Å². The zero-order chi connectivity index (χ0) is 27.4. The molecule has 2 amide bonds. The third kappa shape index (κ3) is 6.58. The number of halogens is 3. The largest absolute Gasteiger partial charge is 1.00 e. The number of imide groups is 1. The second-order valence-corrected chi connectivity index (χ2v) is 11.5. The lowest BCUT2D eigenvalue weighted by Crippen LogP contribution is -3.00. The third-order valence-corrected chi connectivity index (χ3v) is 8.82. The molecule has 1 saturated heterocycles. The van der Waals surface area contributed by atoms with E-state index in [2.05, 4.69) is 11.4 Å². The molecule has 0 bridgehead atoms. The summed E-state index contributed by atoms with van der Waals surface area (Å²) in [5, 5.41) is 14.7. The number of alkyl halides is 1. The molecule has 1 aliphatic carbocycles. The van der Waals surface area contributed by atoms with Gasteiger partial charge in [0, 0.05) is 13.5 Å². The summed E-state index contributed by atoms with van der Waals surface area (Å²) >= 11 is 6.51. The molecular formula is C27H38BrClFNO6S. The van der Waals surface area contributed by atoms with Crippen LogP contribution in [-0.4, -0.2) is 71.6 Å². The number of hydrogen-bond donors (Lipinski definition) is 2. The van der Waals surface area contributed by atoms with E-state index in [4.69, 9.17) is 25.8 Å². The maximum Gasteiger partial charge on any atom is 0.414 e. The highest BCUT2D eigenvalue weighted by atomic mass is 79.9. The number of benzene rings is 1. The molecule has 6 atom stereocenters. The number of methoxy groups -OCH3 is 1. The summed E-state index contributed by atoms with van der Waals surface area (Å²) in [5.74, 6) is -0.881. The molecule has 1 heterocycles. The van der Waals surface area contributed by atoms with Crippen molar-refractivity contribution < 1.29 is 50.3 Å². The van der Waals surface area contributed by atoms with Gasteiger partial charge in [-0.1, -0.05) is 23.8 Å². The zero-order valence-corrected chi connectivity index (χ0v) is 25.7. The van der Waals surface area contributed by atoms with Crippen LogP contribution in [0.5, 0.6) is 0 Å². The van der Waals surface area contributed by atoms with Gasteiger partial charge < -0.3 is 36.3 Å². The average Bonchev–Trinajstić information content (AvgIpc) is 3.52. The number of carbonyl (C=O) groups excluding carboxylic acids is 2. The monoisotopic (exact) mass is 637 g/mol. The number of nitrogens with one attached hydrogen (secondary N) is 1. The molecule has 38 heavy (non-hydrogen) atoms. The van der Waals surface area contributed by atoms with E-state index in [-0.39, 0.29) is 47.6 Å². The van der Waals surface area contributed by atoms with E-state index in [0.29, 0.717) is 18.6 Å². The summed E-state index contributed by atoms with van der Waals surface area (Å²) in [6.45, 7) is 6.03. The van der Waals surface area contributed by atoms with Crippen molar-refractivity contribution in [3.05, 3.63) is 47.3 Å². The number of allylic oxidation sites excluding steroid dienone is 1. The molecule has 1 saturated carbocycles. The van der Waals surface area contributed by atoms with Gasteiger partial charge in [0.25, 0.3) is 0 Å². The van der Waals surface area contributed by atoms with Crippen molar-refractivity contribution in [1.29, 1.82) is 0 Å². The molecule has 0 spiro atoms. The summed E-state index contributed by atoms with van der Waals surface area (Å²) in [6, 6.07) is 6.11. The minimum absolute atomic E-state index is 0. The van der Waals surface area contributed by atoms with Crippen LogP contribution in [-0.2, 0) is 37.2 Å². The number of hydrogen-bond acceptors (Lipinski definition) is 6. The molecule has 1 aliphatic heterocycles. The van der Waals surface area contributed by atoms with Crippen LogP contribution in [0.25, 0.3) is 0 Å². The van der Waals surface area contributed by atoms with Crippen LogP contribution in [0.4, 0.5) is 9.18 Å². The first-order valence-electron chi connectivity index (χ1n) is 12.4. The normalized spacial score (nSPS) is 32.1. The van der Waals surface area contributed by atoms with Crippen LogP contribution < -0.4 is 22.3 Å². The highest BCUT2D eigenvalue weighted by Gasteiger charge is 2.78. The Morgan fingerprint density at radius 3 is 2.53 bits per heavy atom. The SMILES string of the molecule is COC1C(OC(=O)NC(=O)CCl)CCC(O)(Cc2ccc(F)cc2)C1(C[SH+]C)C1(C)OC1CC=C(C)C.[Br-]. The molecule has 2 aliphatic rings. The van der Waals surface area contributed by atoms with Gasteiger partial charge in [-0.2, -0.15) is 0 Å². The molecule has 0 radical (unpaired) electrons. The quantitative estimate of drug-likeness (QED) is 0.129. The lowest BCUT2D eigenvalue weighted by atomic mass is 9.53. The Bertz CT molecular complexity index is 1010. The van der Waals surface area contributed by atoms with Gasteiger partial charge in [0.2, 0.25) is 5.91 Å². The zero-order valence-electron chi connectivity index (χ0n) is 22.4. The highest BCUT2D eigenvalue weighted by molar-refractivity contribution is 7.77. The molecule has 2 N–H and O–H groups in total. The summed E-state index contributed by atoms with van der Waals surface area (Å²) < 4.78 is 31.8. The Morgan fingerprint density at radius 2 is 1.97 bits per heavy atom. The summed E-state index contributed by atoms with van der Waals surface area (Å²) in [4.78, 5) is 24.1. The minimum atomic E-state index is -1.31. The van der Waals surface area contributed by atoms with E-state index in [1.165, 1.54) is 19.2 Å². The smallest absolute Gasteiger partial charge is 0.414 e. The Hall–Kier alpha value is -1.17. The van der Waals surface area contributed by atoms with Gasteiger partial charge in [0.05, 0.1) is 18.0 Å². The van der Waals surface area contributed by atoms with Crippen molar-refractivity contribution in [2.75, 3.05) is 25.0 Å². The molecule has 7 nitrogen and oxygen atoms in total. The maximum absolute atomic E-state index is 13.6. The molecule has 214 valence electrons. The number of ether oxygens (including phenoxy) is 3. The van der Waals surface area contributed by atoms with Crippen molar-refractivity contribution in [2.45, 2.75) is 76.0 Å². The van der Waals surface area contributed by atoms with Gasteiger partial charge in [-0.05, 0) is 69.5 Å². The standard InChI is InChI=1S/C27H37ClFNO6S.BrH/c1-17(2)6-11-21-25(3,36-21)27(16-37-5)23(34-4)20(35-24(32)30-22(31)15-28)12-13-26(27,33)14-18-7-9-19(29)10-8-18;/h6-10,20-21,23,33H,11-16H2,1-5H3,(H,30,31,32);1H. The molecule has 11 heteroatoms. The van der Waals surface area contributed by atoms with Gasteiger partial charge in [0.15, 0.2) is 0 Å². The number of rotatable bonds is 10. The molecule has 0 aromatic heterocycles. The summed E-state index contributed by atoms with van der Waals surface area (Å²) in [7, 11) is 1.53. The summed E-state index contributed by atoms with van der Waals surface area (Å²) in [5.41, 5.74) is -1.14. The second-order valence-electron chi connectivity index (χ2n) is 10.3. The molecular weight excluding hydrogens is 601 g/mol. The Kier molecular flexibility index (Phi) is 11.7. The van der Waals surface area contributed by atoms with E-state index in [9.17, 15) is 19.1 Å². The van der Waals surface area contributed by atoms with E-state index in [0.717, 1.165) is 22.9 Å². The molecule has 6 unspecified atom stereocenters. The fourth-order valence-electron chi connectivity index (χ4n) is 5.97. The van der Waals surface area contributed by atoms with E-state index >= 15 is 0 Å². The van der Waals surface area contributed by atoms with Crippen molar-refractivity contribution in [3.8, 4) is 0 Å². The van der Waals surface area contributed by atoms with Crippen LogP contribution >= 0.6 is 11.6 Å². The van der Waals surface area contributed by atoms with Gasteiger partial charge in [-0.15, -0.1) is 11.6 Å². The average molecular weight is 639 g/mol. The lowest BCUT2D eigenvalue weighted by Gasteiger charge is -2.56. The van der Waals surface area contributed by atoms with Crippen LogP contribution in [0.3, 0.4) is 0 Å². The second kappa shape index (κ2) is 13.5. The van der Waals surface area contributed by atoms with Crippen molar-refractivity contribution in [1.82, 2.24) is 5.32 Å². The Balaban J connectivity index is 0.00000507. The van der Waals surface area contributed by atoms with Crippen LogP contribution in [0.2, 0.25) is 0 Å². The van der Waals surface area contributed by atoms with Crippen molar-refractivity contribution >= 4 is 35.4 Å². The van der Waals surface area contributed by atoms with E-state index < -0.39 is 40.8 Å². The number of aliphatic hydroxyl groups is 1. The molecule has 3 rings (SSSR count). The Morgan fingerprint density at radius 1 is 1.32 bits per heavy atom. The molecule has 2 fully saturated rings. The minimum Gasteiger partial charge on any atom is -1.00 e. The van der Waals surface area contributed by atoms with Gasteiger partial charge >= 0.3 is 6.09 Å². The van der Waals surface area contributed by atoms with E-state index in [1.54, 1.807) is 12.1 Å². The first-order valence-corrected chi connectivity index (χ1v) is 14.4. The number of alkyl carbamates (subject to hydrolysis) is 1. The fraction of sp³-hybridized carbons (Fsp3) is 0.630. The fourth-order valence-corrected chi connectivity index (χ4v) is 7.32. The highest BCUT2D eigenvalue weighted by Crippen LogP contribution is 2.63. The van der Waals surface area contributed by atoms with Crippen LogP contribution in [0.15, 0.2) is 35.9 Å². The molecule has 1 aromatic rings. The van der Waals surface area contributed by atoms with Gasteiger partial charge in [-0.3, -0.25) is 10.1 Å². The lowest BCUT2D eigenvalue weighted by molar-refractivity contribution is -0.229. The first kappa shape index (κ1) is 33.0. The third-order valence-electron chi connectivity index (χ3n) is 7.76. The van der Waals surface area contributed by atoms with Crippen LogP contribution in [0.1, 0.15) is 45.6 Å². The first-order chi connectivity index (χ1) is 17.5. The number of amides is 2. The predicted molar refractivity (Wildman–Crippen MR) is 144 cm³/mol. The summed E-state index contributed by atoms with van der Waals surface area (Å²) in [6.07, 6.45) is 3.05.